The maximum atomic E-state index is 11.7. The van der Waals surface area contributed by atoms with Crippen LogP contribution in [-0.2, 0) is 16.6 Å². The Morgan fingerprint density at radius 3 is 2.54 bits per heavy atom. The lowest BCUT2D eigenvalue weighted by Gasteiger charge is -2.34. The fourth-order valence-corrected chi connectivity index (χ4v) is 3.24. The highest BCUT2D eigenvalue weighted by Crippen LogP contribution is 2.17. The Kier molecular flexibility index (Phi) is 4.78. The van der Waals surface area contributed by atoms with Crippen molar-refractivity contribution in [2.24, 2.45) is 0 Å². The first-order chi connectivity index (χ1) is 11.5. The van der Waals surface area contributed by atoms with E-state index in [-0.39, 0.29) is 4.90 Å². The van der Waals surface area contributed by atoms with Gasteiger partial charge in [0.05, 0.1) is 6.54 Å². The molecule has 0 aliphatic carbocycles. The zero-order valence-corrected chi connectivity index (χ0v) is 14.5. The smallest absolute Gasteiger partial charge is 0.241 e. The number of nitrogens with zero attached hydrogens (tertiary/aromatic N) is 5. The molecular formula is C14H20N6O3S. The number of rotatable bonds is 5. The molecule has 24 heavy (non-hydrogen) atoms. The summed E-state index contributed by atoms with van der Waals surface area (Å²) in [5.41, 5.74) is 0. The Balaban J connectivity index is 1.58. The highest BCUT2D eigenvalue weighted by atomic mass is 32.2. The van der Waals surface area contributed by atoms with Crippen LogP contribution in [0, 0.1) is 6.92 Å². The number of nitrogens with one attached hydrogen (secondary N) is 1. The van der Waals surface area contributed by atoms with Gasteiger partial charge in [0.15, 0.2) is 5.82 Å². The largest absolute Gasteiger partial charge is 0.354 e. The number of aryl methyl sites for hydroxylation is 1. The van der Waals surface area contributed by atoms with Crippen LogP contribution < -0.4 is 9.62 Å². The van der Waals surface area contributed by atoms with Crippen molar-refractivity contribution in [1.82, 2.24) is 24.7 Å². The molecule has 0 radical (unpaired) electrons. The first kappa shape index (κ1) is 16.8. The minimum Gasteiger partial charge on any atom is -0.354 e. The maximum Gasteiger partial charge on any atom is 0.241 e. The third-order valence-electron chi connectivity index (χ3n) is 3.92. The molecule has 3 rings (SSSR count). The summed E-state index contributed by atoms with van der Waals surface area (Å²) in [7, 11) is -2.07. The Morgan fingerprint density at radius 1 is 1.25 bits per heavy atom. The van der Waals surface area contributed by atoms with Crippen LogP contribution in [0.15, 0.2) is 27.7 Å². The van der Waals surface area contributed by atoms with Crippen molar-refractivity contribution in [1.29, 1.82) is 0 Å². The summed E-state index contributed by atoms with van der Waals surface area (Å²) < 4.78 is 30.9. The van der Waals surface area contributed by atoms with E-state index in [9.17, 15) is 8.42 Å². The van der Waals surface area contributed by atoms with Gasteiger partial charge in [0.2, 0.25) is 15.9 Å². The molecule has 3 heterocycles. The van der Waals surface area contributed by atoms with E-state index in [1.807, 2.05) is 0 Å². The van der Waals surface area contributed by atoms with Gasteiger partial charge in [-0.1, -0.05) is 5.16 Å². The Labute approximate surface area is 140 Å². The van der Waals surface area contributed by atoms with Gasteiger partial charge in [0, 0.05) is 32.4 Å². The molecule has 1 fully saturated rings. The lowest BCUT2D eigenvalue weighted by Crippen LogP contribution is -2.46. The lowest BCUT2D eigenvalue weighted by molar-refractivity contribution is 0.215. The normalized spacial score (nSPS) is 16.5. The van der Waals surface area contributed by atoms with E-state index in [1.165, 1.54) is 13.2 Å². The molecule has 9 nitrogen and oxygen atoms in total. The van der Waals surface area contributed by atoms with Crippen molar-refractivity contribution in [2.45, 2.75) is 18.4 Å². The summed E-state index contributed by atoms with van der Waals surface area (Å²) in [4.78, 5) is 13.0. The van der Waals surface area contributed by atoms with E-state index in [4.69, 9.17) is 4.52 Å². The van der Waals surface area contributed by atoms with E-state index in [1.54, 1.807) is 19.1 Å². The van der Waals surface area contributed by atoms with E-state index in [0.717, 1.165) is 32.0 Å². The summed E-state index contributed by atoms with van der Waals surface area (Å²) in [6.45, 7) is 5.74. The van der Waals surface area contributed by atoms with Gasteiger partial charge in [-0.15, -0.1) is 0 Å². The second kappa shape index (κ2) is 6.83. The number of sulfonamides is 1. The van der Waals surface area contributed by atoms with Gasteiger partial charge in [0.25, 0.3) is 0 Å². The lowest BCUT2D eigenvalue weighted by atomic mass is 10.3. The quantitative estimate of drug-likeness (QED) is 0.802. The van der Waals surface area contributed by atoms with E-state index >= 15 is 0 Å². The molecule has 130 valence electrons. The summed E-state index contributed by atoms with van der Waals surface area (Å²) in [6, 6.07) is 3.31. The number of hydrogen-bond acceptors (Lipinski definition) is 8. The summed E-state index contributed by atoms with van der Waals surface area (Å²) in [6.07, 6.45) is 1.38. The molecule has 2 aromatic heterocycles. The molecule has 2 aromatic rings. The molecular weight excluding hydrogens is 332 g/mol. The number of piperazine rings is 1. The van der Waals surface area contributed by atoms with Crippen molar-refractivity contribution in [3.63, 3.8) is 0 Å². The van der Waals surface area contributed by atoms with E-state index < -0.39 is 10.0 Å². The number of hydrogen-bond donors (Lipinski definition) is 1. The van der Waals surface area contributed by atoms with Crippen molar-refractivity contribution >= 4 is 15.8 Å². The van der Waals surface area contributed by atoms with Crippen LogP contribution in [0.5, 0.6) is 0 Å². The minimum absolute atomic E-state index is 0.166. The highest BCUT2D eigenvalue weighted by Gasteiger charge is 2.20. The number of aromatic nitrogens is 3. The van der Waals surface area contributed by atoms with Gasteiger partial charge in [0.1, 0.15) is 10.7 Å². The van der Waals surface area contributed by atoms with Gasteiger partial charge < -0.3 is 9.42 Å². The molecule has 0 saturated carbocycles. The van der Waals surface area contributed by atoms with Gasteiger partial charge >= 0.3 is 0 Å². The van der Waals surface area contributed by atoms with E-state index in [0.29, 0.717) is 18.3 Å². The second-order valence-corrected chi connectivity index (χ2v) is 7.44. The maximum absolute atomic E-state index is 11.7. The molecule has 1 saturated heterocycles. The van der Waals surface area contributed by atoms with Crippen LogP contribution >= 0.6 is 0 Å². The molecule has 10 heteroatoms. The van der Waals surface area contributed by atoms with Crippen molar-refractivity contribution in [3.05, 3.63) is 30.0 Å². The molecule has 0 aromatic carbocycles. The third-order valence-corrected chi connectivity index (χ3v) is 5.32. The highest BCUT2D eigenvalue weighted by molar-refractivity contribution is 7.89. The van der Waals surface area contributed by atoms with Gasteiger partial charge in [-0.25, -0.2) is 18.1 Å². The molecule has 0 bridgehead atoms. The van der Waals surface area contributed by atoms with E-state index in [2.05, 4.69) is 29.6 Å². The molecule has 1 aliphatic heterocycles. The van der Waals surface area contributed by atoms with Crippen molar-refractivity contribution in [2.75, 3.05) is 38.1 Å². The Morgan fingerprint density at radius 2 is 2.00 bits per heavy atom. The van der Waals surface area contributed by atoms with Crippen LogP contribution in [0.3, 0.4) is 0 Å². The first-order valence-corrected chi connectivity index (χ1v) is 9.12. The fourth-order valence-electron chi connectivity index (χ4n) is 2.57. The summed E-state index contributed by atoms with van der Waals surface area (Å²) >= 11 is 0. The first-order valence-electron chi connectivity index (χ1n) is 7.64. The van der Waals surface area contributed by atoms with Crippen molar-refractivity contribution in [3.8, 4) is 0 Å². The zero-order chi connectivity index (χ0) is 17.2. The zero-order valence-electron chi connectivity index (χ0n) is 13.6. The molecule has 0 atom stereocenters. The van der Waals surface area contributed by atoms with Crippen LogP contribution in [0.4, 0.5) is 5.82 Å². The van der Waals surface area contributed by atoms with Crippen LogP contribution in [0.2, 0.25) is 0 Å². The number of pyridine rings is 1. The minimum atomic E-state index is -3.45. The van der Waals surface area contributed by atoms with Gasteiger partial charge in [-0.05, 0) is 26.1 Å². The second-order valence-electron chi connectivity index (χ2n) is 5.56. The predicted molar refractivity (Wildman–Crippen MR) is 87.0 cm³/mol. The SMILES string of the molecule is CNS(=O)(=O)c1ccc(N2CCN(Cc3nc(C)no3)CC2)nc1. The van der Waals surface area contributed by atoms with Gasteiger partial charge in [-0.3, -0.25) is 4.90 Å². The van der Waals surface area contributed by atoms with Crippen molar-refractivity contribution < 1.29 is 12.9 Å². The molecule has 1 aliphatic rings. The van der Waals surface area contributed by atoms with Crippen LogP contribution in [0.1, 0.15) is 11.7 Å². The Hall–Kier alpha value is -2.04. The summed E-state index contributed by atoms with van der Waals surface area (Å²) in [5.74, 6) is 2.04. The standard InChI is InChI=1S/C14H20N6O3S/c1-11-17-14(23-18-11)10-19-5-7-20(8-6-19)13-4-3-12(9-16-13)24(21,22)15-2/h3-4,9,15H,5-8,10H2,1-2H3. The molecule has 0 spiro atoms. The van der Waals surface area contributed by atoms with Crippen LogP contribution in [0.25, 0.3) is 0 Å². The average Bonchev–Trinajstić information content (AvgIpc) is 3.00. The topological polar surface area (TPSA) is 104 Å². The van der Waals surface area contributed by atoms with Gasteiger partial charge in [-0.2, -0.15) is 4.98 Å². The fraction of sp³-hybridized carbons (Fsp3) is 0.500. The Bertz CT molecular complexity index is 781. The predicted octanol–water partition coefficient (Wildman–Crippen LogP) is 0.00332. The molecule has 0 amide bonds. The third kappa shape index (κ3) is 3.71. The average molecular weight is 352 g/mol. The molecule has 1 N–H and O–H groups in total. The monoisotopic (exact) mass is 352 g/mol. The number of anilines is 1. The molecule has 0 unspecified atom stereocenters. The summed E-state index contributed by atoms with van der Waals surface area (Å²) in [5, 5.41) is 3.79. The van der Waals surface area contributed by atoms with Crippen LogP contribution in [-0.4, -0.2) is 61.7 Å².